The summed E-state index contributed by atoms with van der Waals surface area (Å²) in [5.41, 5.74) is 3.67. The molecule has 164 valence electrons. The normalized spacial score (nSPS) is 12.0. The first-order valence-corrected chi connectivity index (χ1v) is 11.2. The molecule has 0 saturated carbocycles. The van der Waals surface area contributed by atoms with E-state index in [4.69, 9.17) is 11.6 Å². The maximum Gasteiger partial charge on any atom is 0.272 e. The molecule has 0 aliphatic heterocycles. The third kappa shape index (κ3) is 4.67. The average molecular weight is 469 g/mol. The molecule has 4 N–H and O–H groups in total. The Kier molecular flexibility index (Phi) is 6.55. The van der Waals surface area contributed by atoms with Crippen molar-refractivity contribution < 1.29 is 14.7 Å². The number of aromatic amines is 1. The van der Waals surface area contributed by atoms with Gasteiger partial charge in [0, 0.05) is 24.0 Å². The van der Waals surface area contributed by atoms with Crippen LogP contribution < -0.4 is 10.6 Å². The topological polar surface area (TPSA) is 107 Å². The second kappa shape index (κ2) is 9.52. The number of H-pyrrole nitrogens is 1. The van der Waals surface area contributed by atoms with Crippen molar-refractivity contribution in [1.29, 1.82) is 0 Å². The largest absolute Gasteiger partial charge is 0.388 e. The molecule has 0 bridgehead atoms. The van der Waals surface area contributed by atoms with Gasteiger partial charge in [-0.1, -0.05) is 29.8 Å². The number of fused-ring (bicyclic) bond motifs is 1. The summed E-state index contributed by atoms with van der Waals surface area (Å²) in [5, 5.41) is 25.9. The van der Waals surface area contributed by atoms with Gasteiger partial charge in [-0.25, -0.2) is 0 Å². The smallest absolute Gasteiger partial charge is 0.272 e. The number of benzene rings is 2. The van der Waals surface area contributed by atoms with E-state index in [1.165, 1.54) is 11.3 Å². The molecule has 1 atom stereocenters. The molecular formula is C23H21ClN4O3S. The molecule has 0 aliphatic rings. The van der Waals surface area contributed by atoms with E-state index in [1.54, 1.807) is 31.3 Å². The molecule has 2 aromatic heterocycles. The molecular weight excluding hydrogens is 448 g/mol. The summed E-state index contributed by atoms with van der Waals surface area (Å²) in [6.07, 6.45) is -0.275. The lowest BCUT2D eigenvalue weighted by molar-refractivity contribution is 0.0942. The Balaban J connectivity index is 1.39. The van der Waals surface area contributed by atoms with Crippen LogP contribution in [0.4, 0.5) is 0 Å². The van der Waals surface area contributed by atoms with Gasteiger partial charge in [0.15, 0.2) is 5.69 Å². The van der Waals surface area contributed by atoms with Gasteiger partial charge >= 0.3 is 0 Å². The quantitative estimate of drug-likeness (QED) is 0.326. The van der Waals surface area contributed by atoms with Crippen molar-refractivity contribution in [3.8, 4) is 11.1 Å². The first-order valence-electron chi connectivity index (χ1n) is 9.97. The Morgan fingerprint density at radius 3 is 2.66 bits per heavy atom. The van der Waals surface area contributed by atoms with Crippen LogP contribution in [0.2, 0.25) is 5.02 Å². The van der Waals surface area contributed by atoms with Crippen LogP contribution in [0.3, 0.4) is 0 Å². The molecule has 0 unspecified atom stereocenters. The van der Waals surface area contributed by atoms with Crippen LogP contribution in [0.1, 0.15) is 38.2 Å². The number of rotatable bonds is 7. The fraction of sp³-hybridized carbons (Fsp3) is 0.174. The monoisotopic (exact) mass is 468 g/mol. The van der Waals surface area contributed by atoms with Gasteiger partial charge in [-0.2, -0.15) is 5.10 Å². The van der Waals surface area contributed by atoms with E-state index in [9.17, 15) is 14.7 Å². The Labute approximate surface area is 193 Å². The van der Waals surface area contributed by atoms with Gasteiger partial charge in [0.25, 0.3) is 11.8 Å². The molecule has 9 heteroatoms. The lowest BCUT2D eigenvalue weighted by atomic mass is 10.1. The number of nitrogens with one attached hydrogen (secondary N) is 3. The summed E-state index contributed by atoms with van der Waals surface area (Å²) in [5.74, 6) is -0.436. The van der Waals surface area contributed by atoms with Gasteiger partial charge in [0.05, 0.1) is 16.5 Å². The van der Waals surface area contributed by atoms with Crippen molar-refractivity contribution >= 4 is 45.7 Å². The van der Waals surface area contributed by atoms with Gasteiger partial charge in [-0.3, -0.25) is 14.7 Å². The average Bonchev–Trinajstić information content (AvgIpc) is 3.46. The fourth-order valence-corrected chi connectivity index (χ4v) is 4.32. The minimum absolute atomic E-state index is 0.186. The molecule has 2 aromatic carbocycles. The van der Waals surface area contributed by atoms with Crippen molar-refractivity contribution in [2.45, 2.75) is 12.5 Å². The standard InChI is InChI=1S/C23H21ClN4O3S/c1-25-23(31)21-17-7-4-14(10-18(17)27-28-21)15-11-20(32-12-15)22(30)26-9-8-19(29)13-2-5-16(24)6-3-13/h2-7,10-12,19,29H,8-9H2,1H3,(H,25,31)(H,26,30)(H,27,28)/t19-/m0/s1. The molecule has 0 fully saturated rings. The van der Waals surface area contributed by atoms with Crippen LogP contribution in [0.5, 0.6) is 0 Å². The SMILES string of the molecule is CNC(=O)c1n[nH]c2cc(-c3csc(C(=O)NCC[C@H](O)c4ccc(Cl)cc4)c3)ccc12. The van der Waals surface area contributed by atoms with Gasteiger partial charge < -0.3 is 15.7 Å². The summed E-state index contributed by atoms with van der Waals surface area (Å²) in [7, 11) is 1.56. The maximum absolute atomic E-state index is 12.5. The zero-order valence-electron chi connectivity index (χ0n) is 17.2. The highest BCUT2D eigenvalue weighted by atomic mass is 35.5. The van der Waals surface area contributed by atoms with Crippen LogP contribution in [0, 0.1) is 0 Å². The van der Waals surface area contributed by atoms with E-state index in [1.807, 2.05) is 29.6 Å². The first kappa shape index (κ1) is 22.0. The van der Waals surface area contributed by atoms with Gasteiger partial charge in [0.2, 0.25) is 0 Å². The van der Waals surface area contributed by atoms with E-state index < -0.39 is 6.10 Å². The molecule has 0 saturated heterocycles. The lowest BCUT2D eigenvalue weighted by Gasteiger charge is -2.11. The van der Waals surface area contributed by atoms with Crippen LogP contribution in [0.15, 0.2) is 53.9 Å². The number of aliphatic hydroxyl groups excluding tert-OH is 1. The third-order valence-corrected chi connectivity index (χ3v) is 6.30. The number of aromatic nitrogens is 2. The zero-order chi connectivity index (χ0) is 22.7. The van der Waals surface area contributed by atoms with Crippen molar-refractivity contribution in [1.82, 2.24) is 20.8 Å². The zero-order valence-corrected chi connectivity index (χ0v) is 18.8. The van der Waals surface area contributed by atoms with E-state index in [0.29, 0.717) is 28.6 Å². The van der Waals surface area contributed by atoms with Crippen LogP contribution in [-0.4, -0.2) is 40.7 Å². The highest BCUT2D eigenvalue weighted by Crippen LogP contribution is 2.29. The number of amides is 2. The fourth-order valence-electron chi connectivity index (χ4n) is 3.36. The molecule has 7 nitrogen and oxygen atoms in total. The molecule has 2 amide bonds. The van der Waals surface area contributed by atoms with Gasteiger partial charge in [-0.15, -0.1) is 11.3 Å². The second-order valence-electron chi connectivity index (χ2n) is 7.22. The number of hydrogen-bond acceptors (Lipinski definition) is 5. The molecule has 4 rings (SSSR count). The van der Waals surface area contributed by atoms with Crippen LogP contribution >= 0.6 is 22.9 Å². The first-order chi connectivity index (χ1) is 15.5. The molecule has 0 spiro atoms. The molecule has 2 heterocycles. The molecule has 0 aliphatic carbocycles. The Morgan fingerprint density at radius 2 is 1.91 bits per heavy atom. The van der Waals surface area contributed by atoms with Crippen molar-refractivity contribution in [3.05, 3.63) is 75.1 Å². The van der Waals surface area contributed by atoms with Crippen molar-refractivity contribution in [2.75, 3.05) is 13.6 Å². The van der Waals surface area contributed by atoms with Gasteiger partial charge in [-0.05, 0) is 58.8 Å². The summed E-state index contributed by atoms with van der Waals surface area (Å²) >= 11 is 7.22. The van der Waals surface area contributed by atoms with E-state index in [2.05, 4.69) is 20.8 Å². The predicted molar refractivity (Wildman–Crippen MR) is 126 cm³/mol. The van der Waals surface area contributed by atoms with Crippen LogP contribution in [0.25, 0.3) is 22.0 Å². The predicted octanol–water partition coefficient (Wildman–Crippen LogP) is 4.16. The van der Waals surface area contributed by atoms with E-state index >= 15 is 0 Å². The Morgan fingerprint density at radius 1 is 1.12 bits per heavy atom. The second-order valence-corrected chi connectivity index (χ2v) is 8.57. The maximum atomic E-state index is 12.5. The van der Waals surface area contributed by atoms with Crippen molar-refractivity contribution in [2.24, 2.45) is 0 Å². The number of carbonyl (C=O) groups excluding carboxylic acids is 2. The number of nitrogens with zero attached hydrogens (tertiary/aromatic N) is 1. The molecule has 32 heavy (non-hydrogen) atoms. The summed E-state index contributed by atoms with van der Waals surface area (Å²) in [4.78, 5) is 25.0. The Hall–Kier alpha value is -3.20. The van der Waals surface area contributed by atoms with E-state index in [0.717, 1.165) is 27.6 Å². The number of halogens is 1. The number of hydrogen-bond donors (Lipinski definition) is 4. The minimum Gasteiger partial charge on any atom is -0.388 e. The summed E-state index contributed by atoms with van der Waals surface area (Å²) in [6, 6.07) is 14.5. The Bertz CT molecular complexity index is 1270. The minimum atomic E-state index is -0.674. The van der Waals surface area contributed by atoms with Gasteiger partial charge in [0.1, 0.15) is 0 Å². The van der Waals surface area contributed by atoms with E-state index in [-0.39, 0.29) is 11.8 Å². The summed E-state index contributed by atoms with van der Waals surface area (Å²) < 4.78 is 0. The highest BCUT2D eigenvalue weighted by Gasteiger charge is 2.15. The third-order valence-electron chi connectivity index (χ3n) is 5.12. The highest BCUT2D eigenvalue weighted by molar-refractivity contribution is 7.12. The van der Waals surface area contributed by atoms with Crippen LogP contribution in [-0.2, 0) is 0 Å². The summed E-state index contributed by atoms with van der Waals surface area (Å²) in [6.45, 7) is 0.345. The molecule has 0 radical (unpaired) electrons. The molecule has 4 aromatic rings. The van der Waals surface area contributed by atoms with Crippen molar-refractivity contribution in [3.63, 3.8) is 0 Å². The number of aliphatic hydroxyl groups is 1. The number of carbonyl (C=O) groups is 2. The lowest BCUT2D eigenvalue weighted by Crippen LogP contribution is -2.24. The number of thiophene rings is 1.